The molecular weight excluding hydrogens is 330 g/mol. The third-order valence-corrected chi connectivity index (χ3v) is 4.19. The van der Waals surface area contributed by atoms with Gasteiger partial charge in [-0.05, 0) is 24.6 Å². The number of halogens is 1. The molecule has 0 saturated carbocycles. The Morgan fingerprint density at radius 1 is 1.42 bits per heavy atom. The van der Waals surface area contributed by atoms with E-state index in [1.807, 2.05) is 12.1 Å². The SMILES string of the molecule is Cc1nc(C2COCCN2C(=O)Cc2ccc(Cl)cc2)cc(=O)[nH]1. The van der Waals surface area contributed by atoms with Crippen molar-refractivity contribution in [2.75, 3.05) is 19.8 Å². The van der Waals surface area contributed by atoms with Gasteiger partial charge in [-0.25, -0.2) is 4.98 Å². The maximum absolute atomic E-state index is 12.7. The fourth-order valence-corrected chi connectivity index (χ4v) is 2.92. The average Bonchev–Trinajstić information content (AvgIpc) is 2.56. The number of aromatic nitrogens is 2. The number of aromatic amines is 1. The van der Waals surface area contributed by atoms with Gasteiger partial charge in [0.2, 0.25) is 5.91 Å². The average molecular weight is 348 g/mol. The molecule has 0 aliphatic carbocycles. The molecule has 1 atom stereocenters. The van der Waals surface area contributed by atoms with E-state index >= 15 is 0 Å². The van der Waals surface area contributed by atoms with Crippen molar-refractivity contribution < 1.29 is 9.53 Å². The predicted octanol–water partition coefficient (Wildman–Crippen LogP) is 1.87. The zero-order valence-corrected chi connectivity index (χ0v) is 14.0. The third kappa shape index (κ3) is 3.83. The summed E-state index contributed by atoms with van der Waals surface area (Å²) in [5.41, 5.74) is 1.22. The highest BCUT2D eigenvalue weighted by molar-refractivity contribution is 6.30. The molecule has 1 N–H and O–H groups in total. The van der Waals surface area contributed by atoms with E-state index in [2.05, 4.69) is 9.97 Å². The molecule has 2 heterocycles. The second-order valence-electron chi connectivity index (χ2n) is 5.74. The first-order valence-corrected chi connectivity index (χ1v) is 8.10. The lowest BCUT2D eigenvalue weighted by Crippen LogP contribution is -2.44. The smallest absolute Gasteiger partial charge is 0.251 e. The standard InChI is InChI=1S/C17H18ClN3O3/c1-11-19-14(9-16(22)20-11)15-10-24-7-6-21(15)17(23)8-12-2-4-13(18)5-3-12/h2-5,9,15H,6-8,10H2,1H3,(H,19,20,22). The predicted molar refractivity (Wildman–Crippen MR) is 90.0 cm³/mol. The van der Waals surface area contributed by atoms with Gasteiger partial charge >= 0.3 is 0 Å². The van der Waals surface area contributed by atoms with Crippen molar-refractivity contribution in [3.05, 3.63) is 62.8 Å². The van der Waals surface area contributed by atoms with Crippen LogP contribution in [0.25, 0.3) is 0 Å². The molecule has 2 aromatic rings. The number of ether oxygens (including phenoxy) is 1. The van der Waals surface area contributed by atoms with Gasteiger partial charge in [0.25, 0.3) is 5.56 Å². The molecule has 24 heavy (non-hydrogen) atoms. The lowest BCUT2D eigenvalue weighted by Gasteiger charge is -2.35. The van der Waals surface area contributed by atoms with E-state index < -0.39 is 0 Å². The highest BCUT2D eigenvalue weighted by Crippen LogP contribution is 2.23. The Kier molecular flexibility index (Phi) is 4.97. The van der Waals surface area contributed by atoms with Gasteiger partial charge in [-0.2, -0.15) is 0 Å². The summed E-state index contributed by atoms with van der Waals surface area (Å²) in [6, 6.07) is 8.29. The normalized spacial score (nSPS) is 17.8. The molecule has 1 aliphatic rings. The fraction of sp³-hybridized carbons (Fsp3) is 0.353. The van der Waals surface area contributed by atoms with Gasteiger partial charge in [0, 0.05) is 17.6 Å². The summed E-state index contributed by atoms with van der Waals surface area (Å²) in [5.74, 6) is 0.499. The van der Waals surface area contributed by atoms with Crippen LogP contribution in [-0.2, 0) is 16.0 Å². The Morgan fingerprint density at radius 2 is 2.17 bits per heavy atom. The molecule has 1 aliphatic heterocycles. The van der Waals surface area contributed by atoms with Gasteiger partial charge < -0.3 is 14.6 Å². The zero-order chi connectivity index (χ0) is 17.1. The van der Waals surface area contributed by atoms with E-state index in [0.29, 0.717) is 36.3 Å². The number of rotatable bonds is 3. The number of nitrogens with one attached hydrogen (secondary N) is 1. The van der Waals surface area contributed by atoms with Crippen LogP contribution in [0.2, 0.25) is 5.02 Å². The number of morpholine rings is 1. The number of carbonyl (C=O) groups is 1. The van der Waals surface area contributed by atoms with Crippen LogP contribution in [0.5, 0.6) is 0 Å². The lowest BCUT2D eigenvalue weighted by atomic mass is 10.1. The second-order valence-corrected chi connectivity index (χ2v) is 6.17. The molecule has 7 heteroatoms. The van der Waals surface area contributed by atoms with Crippen LogP contribution in [0.15, 0.2) is 35.1 Å². The number of nitrogens with zero attached hydrogens (tertiary/aromatic N) is 2. The monoisotopic (exact) mass is 347 g/mol. The summed E-state index contributed by atoms with van der Waals surface area (Å²) in [5, 5.41) is 0.638. The van der Waals surface area contributed by atoms with Crippen LogP contribution < -0.4 is 5.56 Å². The lowest BCUT2D eigenvalue weighted by molar-refractivity contribution is -0.139. The van der Waals surface area contributed by atoms with Gasteiger partial charge in [0.15, 0.2) is 0 Å². The molecular formula is C17H18ClN3O3. The van der Waals surface area contributed by atoms with Gasteiger partial charge in [-0.1, -0.05) is 23.7 Å². The zero-order valence-electron chi connectivity index (χ0n) is 13.3. The maximum atomic E-state index is 12.7. The number of carbonyl (C=O) groups excluding carboxylic acids is 1. The minimum Gasteiger partial charge on any atom is -0.377 e. The van der Waals surface area contributed by atoms with E-state index in [-0.39, 0.29) is 23.9 Å². The van der Waals surface area contributed by atoms with Crippen LogP contribution in [-0.4, -0.2) is 40.5 Å². The molecule has 1 aromatic carbocycles. The molecule has 0 spiro atoms. The summed E-state index contributed by atoms with van der Waals surface area (Å²) in [4.78, 5) is 33.1. The summed E-state index contributed by atoms with van der Waals surface area (Å²) >= 11 is 5.88. The first-order chi connectivity index (χ1) is 11.5. The fourth-order valence-electron chi connectivity index (χ4n) is 2.80. The molecule has 0 radical (unpaired) electrons. The Balaban J connectivity index is 1.82. The minimum absolute atomic E-state index is 0.0228. The van der Waals surface area contributed by atoms with E-state index in [0.717, 1.165) is 5.56 Å². The molecule has 1 fully saturated rings. The number of hydrogen-bond donors (Lipinski definition) is 1. The van der Waals surface area contributed by atoms with Gasteiger partial charge in [-0.3, -0.25) is 9.59 Å². The molecule has 126 valence electrons. The molecule has 1 aromatic heterocycles. The Labute approximate surface area is 144 Å². The molecule has 1 unspecified atom stereocenters. The summed E-state index contributed by atoms with van der Waals surface area (Å²) in [6.07, 6.45) is 0.274. The van der Waals surface area contributed by atoms with E-state index in [4.69, 9.17) is 16.3 Å². The molecule has 6 nitrogen and oxygen atoms in total. The van der Waals surface area contributed by atoms with Crippen molar-refractivity contribution in [1.82, 2.24) is 14.9 Å². The summed E-state index contributed by atoms with van der Waals surface area (Å²) in [7, 11) is 0. The molecule has 3 rings (SSSR count). The molecule has 1 amide bonds. The highest BCUT2D eigenvalue weighted by atomic mass is 35.5. The number of aryl methyl sites for hydroxylation is 1. The van der Waals surface area contributed by atoms with Gasteiger partial charge in [0.05, 0.1) is 31.4 Å². The van der Waals surface area contributed by atoms with Gasteiger partial charge in [-0.15, -0.1) is 0 Å². The van der Waals surface area contributed by atoms with E-state index in [1.165, 1.54) is 6.07 Å². The summed E-state index contributed by atoms with van der Waals surface area (Å²) < 4.78 is 5.50. The van der Waals surface area contributed by atoms with Gasteiger partial charge in [0.1, 0.15) is 5.82 Å². The Morgan fingerprint density at radius 3 is 2.88 bits per heavy atom. The van der Waals surface area contributed by atoms with Crippen molar-refractivity contribution in [2.24, 2.45) is 0 Å². The topological polar surface area (TPSA) is 75.3 Å². The van der Waals surface area contributed by atoms with E-state index in [9.17, 15) is 9.59 Å². The van der Waals surface area contributed by atoms with E-state index in [1.54, 1.807) is 24.0 Å². The molecule has 1 saturated heterocycles. The number of hydrogen-bond acceptors (Lipinski definition) is 4. The molecule has 0 bridgehead atoms. The van der Waals surface area contributed by atoms with Crippen molar-refractivity contribution in [1.29, 1.82) is 0 Å². The minimum atomic E-state index is -0.348. The summed E-state index contributed by atoms with van der Waals surface area (Å²) in [6.45, 7) is 3.01. The highest BCUT2D eigenvalue weighted by Gasteiger charge is 2.30. The van der Waals surface area contributed by atoms with Crippen molar-refractivity contribution in [3.8, 4) is 0 Å². The van der Waals surface area contributed by atoms with Crippen LogP contribution in [0, 0.1) is 6.92 Å². The van der Waals surface area contributed by atoms with Crippen molar-refractivity contribution in [3.63, 3.8) is 0 Å². The largest absolute Gasteiger partial charge is 0.377 e. The maximum Gasteiger partial charge on any atom is 0.251 e. The van der Waals surface area contributed by atoms with Crippen molar-refractivity contribution in [2.45, 2.75) is 19.4 Å². The third-order valence-electron chi connectivity index (χ3n) is 3.94. The number of H-pyrrole nitrogens is 1. The van der Waals surface area contributed by atoms with Crippen molar-refractivity contribution >= 4 is 17.5 Å². The first-order valence-electron chi connectivity index (χ1n) is 7.72. The van der Waals surface area contributed by atoms with Crippen LogP contribution >= 0.6 is 11.6 Å². The quantitative estimate of drug-likeness (QED) is 0.919. The number of benzene rings is 1. The van der Waals surface area contributed by atoms with Crippen LogP contribution in [0.4, 0.5) is 0 Å². The Hall–Kier alpha value is -2.18. The number of amides is 1. The second kappa shape index (κ2) is 7.15. The first kappa shape index (κ1) is 16.7. The van der Waals surface area contributed by atoms with Crippen LogP contribution in [0.1, 0.15) is 23.1 Å². The Bertz CT molecular complexity index is 788. The van der Waals surface area contributed by atoms with Crippen LogP contribution in [0.3, 0.4) is 0 Å².